The van der Waals surface area contributed by atoms with Gasteiger partial charge in [-0.15, -0.1) is 0 Å². The second-order valence-electron chi connectivity index (χ2n) is 4.91. The molecule has 0 spiro atoms. The van der Waals surface area contributed by atoms with Gasteiger partial charge < -0.3 is 10.4 Å². The van der Waals surface area contributed by atoms with Crippen LogP contribution in [0.4, 0.5) is 5.82 Å². The molecule has 0 fully saturated rings. The fourth-order valence-corrected chi connectivity index (χ4v) is 2.24. The van der Waals surface area contributed by atoms with Crippen molar-refractivity contribution >= 4 is 11.8 Å². The van der Waals surface area contributed by atoms with Gasteiger partial charge in [0.05, 0.1) is 11.6 Å². The molecule has 0 bridgehead atoms. The highest BCUT2D eigenvalue weighted by Crippen LogP contribution is 2.21. The molecule has 2 N–H and O–H groups in total. The number of aryl methyl sites for hydroxylation is 2. The SMILES string of the molecule is Cc1cc(C(=O)O)cc(NC(C)c2ccccc2C)n1. The highest BCUT2D eigenvalue weighted by molar-refractivity contribution is 5.88. The first kappa shape index (κ1) is 14.1. The Morgan fingerprint density at radius 2 is 1.95 bits per heavy atom. The molecule has 4 nitrogen and oxygen atoms in total. The van der Waals surface area contributed by atoms with E-state index in [4.69, 9.17) is 5.11 Å². The van der Waals surface area contributed by atoms with Crippen LogP contribution in [0.3, 0.4) is 0 Å². The van der Waals surface area contributed by atoms with Gasteiger partial charge in [0, 0.05) is 5.69 Å². The summed E-state index contributed by atoms with van der Waals surface area (Å²) in [5, 5.41) is 12.3. The van der Waals surface area contributed by atoms with Crippen molar-refractivity contribution in [2.75, 3.05) is 5.32 Å². The minimum Gasteiger partial charge on any atom is -0.478 e. The van der Waals surface area contributed by atoms with Crippen molar-refractivity contribution in [1.29, 1.82) is 0 Å². The lowest BCUT2D eigenvalue weighted by molar-refractivity contribution is 0.0696. The van der Waals surface area contributed by atoms with Crippen LogP contribution in [-0.4, -0.2) is 16.1 Å². The van der Waals surface area contributed by atoms with Gasteiger partial charge in [0.2, 0.25) is 0 Å². The van der Waals surface area contributed by atoms with Crippen LogP contribution in [0.5, 0.6) is 0 Å². The standard InChI is InChI=1S/C16H18N2O2/c1-10-6-4-5-7-14(10)12(3)18-15-9-13(16(19)20)8-11(2)17-15/h4-9,12H,1-3H3,(H,17,18)(H,19,20). The van der Waals surface area contributed by atoms with Crippen LogP contribution in [-0.2, 0) is 0 Å². The Labute approximate surface area is 118 Å². The smallest absolute Gasteiger partial charge is 0.335 e. The van der Waals surface area contributed by atoms with Crippen LogP contribution in [0.25, 0.3) is 0 Å². The number of pyridine rings is 1. The molecule has 2 rings (SSSR count). The Hall–Kier alpha value is -2.36. The molecule has 0 amide bonds. The molecule has 1 atom stereocenters. The Balaban J connectivity index is 2.26. The third-order valence-electron chi connectivity index (χ3n) is 3.22. The molecular weight excluding hydrogens is 252 g/mol. The third-order valence-corrected chi connectivity index (χ3v) is 3.22. The lowest BCUT2D eigenvalue weighted by Crippen LogP contribution is -2.11. The van der Waals surface area contributed by atoms with E-state index in [0.29, 0.717) is 11.5 Å². The van der Waals surface area contributed by atoms with Gasteiger partial charge in [-0.2, -0.15) is 0 Å². The average molecular weight is 270 g/mol. The monoisotopic (exact) mass is 270 g/mol. The Kier molecular flexibility index (Phi) is 4.03. The predicted molar refractivity (Wildman–Crippen MR) is 79.2 cm³/mol. The van der Waals surface area contributed by atoms with E-state index in [1.54, 1.807) is 19.1 Å². The zero-order valence-corrected chi connectivity index (χ0v) is 11.8. The molecule has 0 aliphatic heterocycles. The largest absolute Gasteiger partial charge is 0.478 e. The summed E-state index contributed by atoms with van der Waals surface area (Å²) in [7, 11) is 0. The van der Waals surface area contributed by atoms with Gasteiger partial charge in [0.1, 0.15) is 5.82 Å². The molecule has 1 unspecified atom stereocenters. The van der Waals surface area contributed by atoms with Gasteiger partial charge in [-0.1, -0.05) is 24.3 Å². The summed E-state index contributed by atoms with van der Waals surface area (Å²) in [5.74, 6) is -0.361. The average Bonchev–Trinajstić information content (AvgIpc) is 2.38. The fraction of sp³-hybridized carbons (Fsp3) is 0.250. The zero-order chi connectivity index (χ0) is 14.7. The Bertz CT molecular complexity index is 638. The van der Waals surface area contributed by atoms with Crippen molar-refractivity contribution in [1.82, 2.24) is 4.98 Å². The van der Waals surface area contributed by atoms with Crippen molar-refractivity contribution in [2.24, 2.45) is 0 Å². The fourth-order valence-electron chi connectivity index (χ4n) is 2.24. The molecule has 0 saturated carbocycles. The molecule has 1 heterocycles. The first-order valence-corrected chi connectivity index (χ1v) is 6.51. The summed E-state index contributed by atoms with van der Waals surface area (Å²) in [6, 6.07) is 11.3. The number of aromatic nitrogens is 1. The first-order valence-electron chi connectivity index (χ1n) is 6.51. The highest BCUT2D eigenvalue weighted by Gasteiger charge is 2.11. The molecule has 1 aromatic carbocycles. The molecular formula is C16H18N2O2. The van der Waals surface area contributed by atoms with Crippen LogP contribution in [0.15, 0.2) is 36.4 Å². The maximum atomic E-state index is 11.1. The van der Waals surface area contributed by atoms with E-state index < -0.39 is 5.97 Å². The van der Waals surface area contributed by atoms with Crippen molar-refractivity contribution in [3.63, 3.8) is 0 Å². The molecule has 2 aromatic rings. The molecule has 20 heavy (non-hydrogen) atoms. The van der Waals surface area contributed by atoms with E-state index in [1.165, 1.54) is 11.1 Å². The second-order valence-corrected chi connectivity index (χ2v) is 4.91. The number of rotatable bonds is 4. The minimum absolute atomic E-state index is 0.0622. The first-order chi connectivity index (χ1) is 9.47. The molecule has 0 aliphatic rings. The lowest BCUT2D eigenvalue weighted by Gasteiger charge is -2.17. The van der Waals surface area contributed by atoms with E-state index in [0.717, 1.165) is 0 Å². The molecule has 104 valence electrons. The van der Waals surface area contributed by atoms with Gasteiger partial charge in [-0.3, -0.25) is 0 Å². The van der Waals surface area contributed by atoms with Crippen LogP contribution < -0.4 is 5.32 Å². The number of carboxylic acid groups (broad SMARTS) is 1. The molecule has 0 saturated heterocycles. The zero-order valence-electron chi connectivity index (χ0n) is 11.8. The van der Waals surface area contributed by atoms with E-state index >= 15 is 0 Å². The van der Waals surface area contributed by atoms with E-state index in [9.17, 15) is 4.79 Å². The maximum Gasteiger partial charge on any atom is 0.335 e. The minimum atomic E-state index is -0.943. The number of aromatic carboxylic acids is 1. The maximum absolute atomic E-state index is 11.1. The lowest BCUT2D eigenvalue weighted by atomic mass is 10.0. The summed E-state index contributed by atoms with van der Waals surface area (Å²) < 4.78 is 0. The molecule has 1 aromatic heterocycles. The molecule has 0 aliphatic carbocycles. The van der Waals surface area contributed by atoms with Crippen molar-refractivity contribution in [3.05, 3.63) is 58.8 Å². The summed E-state index contributed by atoms with van der Waals surface area (Å²) in [6.07, 6.45) is 0. The number of carboxylic acids is 1. The van der Waals surface area contributed by atoms with E-state index in [-0.39, 0.29) is 11.6 Å². The van der Waals surface area contributed by atoms with Crippen LogP contribution in [0.2, 0.25) is 0 Å². The van der Waals surface area contributed by atoms with Crippen molar-refractivity contribution in [2.45, 2.75) is 26.8 Å². The number of nitrogens with zero attached hydrogens (tertiary/aromatic N) is 1. The number of hydrogen-bond donors (Lipinski definition) is 2. The van der Waals surface area contributed by atoms with Crippen LogP contribution in [0.1, 0.15) is 40.1 Å². The van der Waals surface area contributed by atoms with E-state index in [1.807, 2.05) is 19.1 Å². The Morgan fingerprint density at radius 3 is 2.60 bits per heavy atom. The Morgan fingerprint density at radius 1 is 1.25 bits per heavy atom. The second kappa shape index (κ2) is 5.74. The number of carbonyl (C=O) groups is 1. The van der Waals surface area contributed by atoms with Gasteiger partial charge in [-0.25, -0.2) is 9.78 Å². The summed E-state index contributed by atoms with van der Waals surface area (Å²) in [5.41, 5.74) is 3.30. The van der Waals surface area contributed by atoms with Gasteiger partial charge in [-0.05, 0) is 44.0 Å². The topological polar surface area (TPSA) is 62.2 Å². The van der Waals surface area contributed by atoms with Crippen LogP contribution >= 0.6 is 0 Å². The van der Waals surface area contributed by atoms with Gasteiger partial charge in [0.15, 0.2) is 0 Å². The number of anilines is 1. The van der Waals surface area contributed by atoms with Crippen molar-refractivity contribution < 1.29 is 9.90 Å². The van der Waals surface area contributed by atoms with Gasteiger partial charge in [0.25, 0.3) is 0 Å². The normalized spacial score (nSPS) is 11.9. The van der Waals surface area contributed by atoms with Crippen molar-refractivity contribution in [3.8, 4) is 0 Å². The summed E-state index contributed by atoms with van der Waals surface area (Å²) >= 11 is 0. The molecule has 0 radical (unpaired) electrons. The number of benzene rings is 1. The van der Waals surface area contributed by atoms with E-state index in [2.05, 4.69) is 29.4 Å². The van der Waals surface area contributed by atoms with Gasteiger partial charge >= 0.3 is 5.97 Å². The number of nitrogens with one attached hydrogen (secondary N) is 1. The number of hydrogen-bond acceptors (Lipinski definition) is 3. The van der Waals surface area contributed by atoms with Crippen LogP contribution in [0, 0.1) is 13.8 Å². The summed E-state index contributed by atoms with van der Waals surface area (Å²) in [4.78, 5) is 15.4. The highest BCUT2D eigenvalue weighted by atomic mass is 16.4. The predicted octanol–water partition coefficient (Wildman–Crippen LogP) is 3.57. The summed E-state index contributed by atoms with van der Waals surface area (Å²) in [6.45, 7) is 5.88. The quantitative estimate of drug-likeness (QED) is 0.891. The molecule has 4 heteroatoms. The third kappa shape index (κ3) is 3.15.